The van der Waals surface area contributed by atoms with Crippen LogP contribution in [0.25, 0.3) is 0 Å². The number of esters is 2. The van der Waals surface area contributed by atoms with Crippen LogP contribution < -0.4 is 0 Å². The van der Waals surface area contributed by atoms with Crippen molar-refractivity contribution < 1.29 is 82.0 Å². The fourth-order valence-corrected chi connectivity index (χ4v) is 8.13. The first kappa shape index (κ1) is 64.6. The Hall–Kier alpha value is -3.38. The topological polar surface area (TPSA) is 276 Å². The molecule has 0 bridgehead atoms. The van der Waals surface area contributed by atoms with Crippen molar-refractivity contribution in [3.8, 4) is 0 Å². The van der Waals surface area contributed by atoms with Crippen molar-refractivity contribution >= 4 is 27.6 Å². The summed E-state index contributed by atoms with van der Waals surface area (Å²) in [6, 6.07) is 0. The van der Waals surface area contributed by atoms with Crippen LogP contribution in [-0.2, 0) is 41.8 Å². The van der Waals surface area contributed by atoms with Crippen LogP contribution in [-0.4, -0.2) is 114 Å². The quantitative estimate of drug-likeness (QED) is 0.00940. The summed E-state index contributed by atoms with van der Waals surface area (Å²) in [5, 5.41) is 50.8. The molecule has 0 heterocycles. The molecule has 5 unspecified atom stereocenters. The van der Waals surface area contributed by atoms with E-state index in [1.807, 2.05) is 49.5 Å². The van der Waals surface area contributed by atoms with Crippen molar-refractivity contribution in [1.29, 1.82) is 0 Å². The van der Waals surface area contributed by atoms with E-state index in [9.17, 15) is 58.9 Å². The van der Waals surface area contributed by atoms with E-state index in [0.717, 1.165) is 77.0 Å². The molecule has 398 valence electrons. The van der Waals surface area contributed by atoms with Crippen LogP contribution in [0.5, 0.6) is 0 Å². The average molecular weight is 1030 g/mol. The molecule has 1 rings (SSSR count). The number of hydrogen-bond donors (Lipinski definition) is 8. The molecule has 70 heavy (non-hydrogen) atoms. The summed E-state index contributed by atoms with van der Waals surface area (Å²) in [5.74, 6) is -1.32. The van der Waals surface area contributed by atoms with Gasteiger partial charge in [-0.25, -0.2) is 9.13 Å². The number of carbonyl (C=O) groups is 2. The fourth-order valence-electron chi connectivity index (χ4n) is 6.59. The summed E-state index contributed by atoms with van der Waals surface area (Å²) in [4.78, 5) is 54.3. The van der Waals surface area contributed by atoms with Gasteiger partial charge in [-0.1, -0.05) is 149 Å². The molecule has 1 saturated carbocycles. The number of aliphatic hydroxyl groups is 5. The number of ether oxygens (including phenoxy) is 2. The van der Waals surface area contributed by atoms with Crippen LogP contribution >= 0.6 is 15.6 Å². The molecule has 8 N–H and O–H groups in total. The Morgan fingerprint density at radius 3 is 1.54 bits per heavy atom. The molecule has 9 atom stereocenters. The molecule has 0 aromatic carbocycles. The Morgan fingerprint density at radius 1 is 0.529 bits per heavy atom. The molecular formula is C51H82O17P2. The van der Waals surface area contributed by atoms with Crippen LogP contribution in [0, 0.1) is 0 Å². The third-order valence-electron chi connectivity index (χ3n) is 10.5. The minimum atomic E-state index is -5.38. The predicted molar refractivity (Wildman–Crippen MR) is 270 cm³/mol. The van der Waals surface area contributed by atoms with Crippen molar-refractivity contribution in [2.45, 2.75) is 185 Å². The summed E-state index contributed by atoms with van der Waals surface area (Å²) in [6.07, 6.45) is 35.6. The Morgan fingerprint density at radius 2 is 1.00 bits per heavy atom. The minimum Gasteiger partial charge on any atom is -0.462 e. The van der Waals surface area contributed by atoms with Crippen LogP contribution in [0.4, 0.5) is 0 Å². The highest BCUT2D eigenvalue weighted by atomic mass is 31.2. The van der Waals surface area contributed by atoms with E-state index in [0.29, 0.717) is 32.1 Å². The van der Waals surface area contributed by atoms with Gasteiger partial charge < -0.3 is 49.7 Å². The van der Waals surface area contributed by atoms with E-state index >= 15 is 0 Å². The predicted octanol–water partition coefficient (Wildman–Crippen LogP) is 8.70. The van der Waals surface area contributed by atoms with Crippen LogP contribution in [0.2, 0.25) is 0 Å². The molecule has 1 aliphatic rings. The standard InChI is InChI=1S/C51H82O17P2/c1-3-5-6-7-8-9-10-11-12-13-14-15-16-21-24-27-30-33-36-39-45(54)66-43(41-65-70(62,63)68-51-48(57)46(55)47(56)50(49(51)58)67-69(59,60)61)40-64-44(53)38-35-32-29-26-23-20-18-17-19-22-25-28-31-34-37-42(52)4-2/h5-6,8-9,11-12,14-15,18-20,22,26,28-29,31,34,37,42-43,46-52,55-58H,3-4,7,10,13,16-17,21,23-25,27,30,32-33,35-36,38-41H2,1-2H3,(H,62,63)(H2,59,60,61)/b6-5-,9-8-,12-11-,15-14-,20-18-,22-19-,29-26-,31-28-,37-34+/t42-,43+,46?,47?,48?,49?,50+,51-/m0/s1. The van der Waals surface area contributed by atoms with Crippen molar-refractivity contribution in [3.05, 3.63) is 109 Å². The van der Waals surface area contributed by atoms with Gasteiger partial charge in [0.15, 0.2) is 6.10 Å². The molecule has 19 heteroatoms. The normalized spacial score (nSPS) is 22.4. The van der Waals surface area contributed by atoms with Crippen molar-refractivity contribution in [2.24, 2.45) is 0 Å². The maximum atomic E-state index is 13.0. The third kappa shape index (κ3) is 34.1. The lowest BCUT2D eigenvalue weighted by Gasteiger charge is -2.43. The van der Waals surface area contributed by atoms with Gasteiger partial charge in [-0.15, -0.1) is 0 Å². The van der Waals surface area contributed by atoms with Gasteiger partial charge in [0.1, 0.15) is 43.2 Å². The van der Waals surface area contributed by atoms with E-state index in [4.69, 9.17) is 18.5 Å². The Labute approximate surface area is 415 Å². The second-order valence-corrected chi connectivity index (χ2v) is 19.2. The zero-order chi connectivity index (χ0) is 51.9. The van der Waals surface area contributed by atoms with Gasteiger partial charge in [-0.2, -0.15) is 0 Å². The molecule has 0 aromatic heterocycles. The lowest BCUT2D eigenvalue weighted by Crippen LogP contribution is -2.64. The largest absolute Gasteiger partial charge is 0.472 e. The molecule has 0 aliphatic heterocycles. The van der Waals surface area contributed by atoms with Gasteiger partial charge in [0, 0.05) is 12.8 Å². The minimum absolute atomic E-state index is 0.00142. The summed E-state index contributed by atoms with van der Waals surface area (Å²) < 4.78 is 49.3. The Balaban J connectivity index is 2.63. The second-order valence-electron chi connectivity index (χ2n) is 16.6. The fraction of sp³-hybridized carbons (Fsp3) is 0.608. The maximum absolute atomic E-state index is 13.0. The molecule has 0 aromatic rings. The van der Waals surface area contributed by atoms with Gasteiger partial charge in [0.2, 0.25) is 0 Å². The second kappa shape index (κ2) is 40.1. The lowest BCUT2D eigenvalue weighted by atomic mass is 9.85. The van der Waals surface area contributed by atoms with E-state index in [-0.39, 0.29) is 12.8 Å². The first-order valence-corrected chi connectivity index (χ1v) is 27.6. The smallest absolute Gasteiger partial charge is 0.462 e. The molecule has 0 radical (unpaired) electrons. The zero-order valence-corrected chi connectivity index (χ0v) is 42.8. The van der Waals surface area contributed by atoms with Gasteiger partial charge in [-0.3, -0.25) is 23.2 Å². The summed E-state index contributed by atoms with van der Waals surface area (Å²) in [6.45, 7) is 2.60. The SMILES string of the molecule is CC/C=C\C/C=C\C/C=C\C/C=C\CCCCCCCCC(=O)O[C@H](COC(=O)CCC/C=C\C/C=C\C/C=C\C/C=C\C=C\[C@@H](O)CC)COP(=O)(O)O[C@H]1C(O)C(O)C(O)[C@@H](OP(=O)(O)O)C1O. The van der Waals surface area contributed by atoms with Crippen LogP contribution in [0.3, 0.4) is 0 Å². The maximum Gasteiger partial charge on any atom is 0.472 e. The van der Waals surface area contributed by atoms with Gasteiger partial charge in [0.25, 0.3) is 0 Å². The molecule has 1 aliphatic carbocycles. The molecule has 0 spiro atoms. The highest BCUT2D eigenvalue weighted by Crippen LogP contribution is 2.49. The summed E-state index contributed by atoms with van der Waals surface area (Å²) >= 11 is 0. The number of rotatable bonds is 39. The van der Waals surface area contributed by atoms with Crippen molar-refractivity contribution in [2.75, 3.05) is 13.2 Å². The van der Waals surface area contributed by atoms with Crippen molar-refractivity contribution in [3.63, 3.8) is 0 Å². The molecule has 0 saturated heterocycles. The highest BCUT2D eigenvalue weighted by Gasteiger charge is 2.54. The molecule has 1 fully saturated rings. The van der Waals surface area contributed by atoms with Crippen LogP contribution in [0.1, 0.15) is 136 Å². The molecule has 0 amide bonds. The first-order valence-electron chi connectivity index (χ1n) is 24.5. The number of hydrogen-bond acceptors (Lipinski definition) is 14. The zero-order valence-electron chi connectivity index (χ0n) is 41.0. The monoisotopic (exact) mass is 1030 g/mol. The highest BCUT2D eigenvalue weighted by molar-refractivity contribution is 7.47. The summed E-state index contributed by atoms with van der Waals surface area (Å²) in [5.41, 5.74) is 0. The van der Waals surface area contributed by atoms with Crippen molar-refractivity contribution in [1.82, 2.24) is 0 Å². The number of phosphoric acid groups is 2. The number of phosphoric ester groups is 2. The van der Waals surface area contributed by atoms with Gasteiger partial charge >= 0.3 is 27.6 Å². The Bertz CT molecular complexity index is 1780. The molecular weight excluding hydrogens is 946 g/mol. The molecule has 17 nitrogen and oxygen atoms in total. The summed E-state index contributed by atoms with van der Waals surface area (Å²) in [7, 11) is -10.7. The van der Waals surface area contributed by atoms with Gasteiger partial charge in [-0.05, 0) is 83.5 Å². The van der Waals surface area contributed by atoms with Gasteiger partial charge in [0.05, 0.1) is 12.7 Å². The number of allylic oxidation sites excluding steroid dienone is 17. The lowest BCUT2D eigenvalue weighted by molar-refractivity contribution is -0.216. The number of unbranched alkanes of at least 4 members (excludes halogenated alkanes) is 7. The van der Waals surface area contributed by atoms with E-state index in [1.165, 1.54) is 0 Å². The average Bonchev–Trinajstić information content (AvgIpc) is 3.32. The third-order valence-corrected chi connectivity index (χ3v) is 12.0. The van der Waals surface area contributed by atoms with E-state index in [1.54, 1.807) is 6.08 Å². The van der Waals surface area contributed by atoms with E-state index in [2.05, 4.69) is 72.2 Å². The number of aliphatic hydroxyl groups excluding tert-OH is 5. The van der Waals surface area contributed by atoms with Crippen LogP contribution in [0.15, 0.2) is 109 Å². The Kier molecular flexibility index (Phi) is 37.1. The number of carbonyl (C=O) groups excluding carboxylic acids is 2. The first-order chi connectivity index (χ1) is 33.5. The van der Waals surface area contributed by atoms with E-state index < -0.39 is 89.6 Å².